The lowest BCUT2D eigenvalue weighted by atomic mass is 9.94. The highest BCUT2D eigenvalue weighted by Crippen LogP contribution is 2.48. The van der Waals surface area contributed by atoms with E-state index in [1.54, 1.807) is 0 Å². The molecule has 4 rings (SSSR count). The molecule has 0 aromatic heterocycles. The number of nitrogens with zero attached hydrogens (tertiary/aromatic N) is 1. The van der Waals surface area contributed by atoms with Gasteiger partial charge in [0, 0.05) is 24.8 Å². The third-order valence-electron chi connectivity index (χ3n) is 5.65. The molecule has 0 unspecified atom stereocenters. The predicted octanol–water partition coefficient (Wildman–Crippen LogP) is 3.53. The Bertz CT molecular complexity index is 795. The number of anilines is 1. The lowest BCUT2D eigenvalue weighted by Gasteiger charge is -2.33. The van der Waals surface area contributed by atoms with Crippen molar-refractivity contribution >= 4 is 17.6 Å². The van der Waals surface area contributed by atoms with Crippen molar-refractivity contribution in [2.24, 2.45) is 0 Å². The van der Waals surface area contributed by atoms with E-state index in [0.29, 0.717) is 13.1 Å². The molecular formula is C22H25N3O2. The summed E-state index contributed by atoms with van der Waals surface area (Å²) in [6.45, 7) is 1.31. The molecule has 0 atom stereocenters. The van der Waals surface area contributed by atoms with E-state index in [1.165, 1.54) is 0 Å². The van der Waals surface area contributed by atoms with E-state index in [-0.39, 0.29) is 23.4 Å². The second-order valence-corrected chi connectivity index (χ2v) is 7.48. The molecule has 5 heteroatoms. The summed E-state index contributed by atoms with van der Waals surface area (Å²) >= 11 is 0. The Balaban J connectivity index is 1.28. The molecule has 1 saturated carbocycles. The summed E-state index contributed by atoms with van der Waals surface area (Å²) in [7, 11) is 0. The van der Waals surface area contributed by atoms with Crippen molar-refractivity contribution in [3.05, 3.63) is 66.2 Å². The Morgan fingerprint density at radius 1 is 0.889 bits per heavy atom. The van der Waals surface area contributed by atoms with Crippen LogP contribution in [-0.2, 0) is 10.2 Å². The maximum absolute atomic E-state index is 12.8. The highest BCUT2D eigenvalue weighted by molar-refractivity contribution is 5.91. The van der Waals surface area contributed by atoms with E-state index in [0.717, 1.165) is 36.9 Å². The molecule has 0 spiro atoms. The van der Waals surface area contributed by atoms with Gasteiger partial charge in [0.15, 0.2) is 0 Å². The van der Waals surface area contributed by atoms with E-state index in [2.05, 4.69) is 10.6 Å². The molecule has 2 aromatic carbocycles. The second-order valence-electron chi connectivity index (χ2n) is 7.48. The summed E-state index contributed by atoms with van der Waals surface area (Å²) in [6.07, 6.45) is 3.42. The van der Waals surface area contributed by atoms with Crippen LogP contribution in [0.15, 0.2) is 60.7 Å². The van der Waals surface area contributed by atoms with Gasteiger partial charge in [0.2, 0.25) is 5.91 Å². The van der Waals surface area contributed by atoms with E-state index < -0.39 is 0 Å². The molecule has 5 nitrogen and oxygen atoms in total. The van der Waals surface area contributed by atoms with Crippen molar-refractivity contribution in [3.8, 4) is 0 Å². The lowest BCUT2D eigenvalue weighted by molar-refractivity contribution is -0.124. The molecule has 2 fully saturated rings. The molecule has 27 heavy (non-hydrogen) atoms. The number of benzene rings is 2. The molecule has 0 bridgehead atoms. The first-order chi connectivity index (χ1) is 13.2. The van der Waals surface area contributed by atoms with Gasteiger partial charge < -0.3 is 15.5 Å². The van der Waals surface area contributed by atoms with Crippen LogP contribution in [0.2, 0.25) is 0 Å². The summed E-state index contributed by atoms with van der Waals surface area (Å²) in [5, 5.41) is 6.15. The molecule has 1 aliphatic carbocycles. The molecule has 1 aliphatic heterocycles. The first kappa shape index (κ1) is 17.6. The van der Waals surface area contributed by atoms with Crippen LogP contribution >= 0.6 is 0 Å². The number of urea groups is 1. The van der Waals surface area contributed by atoms with Gasteiger partial charge in [-0.05, 0) is 43.4 Å². The quantitative estimate of drug-likeness (QED) is 0.873. The first-order valence-corrected chi connectivity index (χ1v) is 9.65. The summed E-state index contributed by atoms with van der Waals surface area (Å²) in [5.41, 5.74) is 1.59. The van der Waals surface area contributed by atoms with Gasteiger partial charge in [-0.3, -0.25) is 4.79 Å². The highest BCUT2D eigenvalue weighted by atomic mass is 16.2. The van der Waals surface area contributed by atoms with E-state index in [4.69, 9.17) is 0 Å². The SMILES string of the molecule is O=C(Nc1ccccc1)N1CCC(NC(=O)C2(c3ccccc3)CC2)CC1. The van der Waals surface area contributed by atoms with Gasteiger partial charge in [0.25, 0.3) is 0 Å². The van der Waals surface area contributed by atoms with Crippen LogP contribution in [-0.4, -0.2) is 36.0 Å². The Hall–Kier alpha value is -2.82. The summed E-state index contributed by atoms with van der Waals surface area (Å²) in [5.74, 6) is 0.140. The van der Waals surface area contributed by atoms with Crippen LogP contribution in [0.1, 0.15) is 31.2 Å². The topological polar surface area (TPSA) is 61.4 Å². The fraction of sp³-hybridized carbons (Fsp3) is 0.364. The number of rotatable bonds is 4. The average molecular weight is 363 g/mol. The Morgan fingerprint density at radius 2 is 1.48 bits per heavy atom. The molecule has 1 heterocycles. The molecule has 1 saturated heterocycles. The van der Waals surface area contributed by atoms with Gasteiger partial charge in [0.1, 0.15) is 0 Å². The first-order valence-electron chi connectivity index (χ1n) is 9.65. The fourth-order valence-electron chi connectivity index (χ4n) is 3.80. The lowest BCUT2D eigenvalue weighted by Crippen LogP contribution is -2.49. The Morgan fingerprint density at radius 3 is 2.07 bits per heavy atom. The highest BCUT2D eigenvalue weighted by Gasteiger charge is 2.51. The van der Waals surface area contributed by atoms with Crippen LogP contribution in [0.5, 0.6) is 0 Å². The number of nitrogens with one attached hydrogen (secondary N) is 2. The van der Waals surface area contributed by atoms with Gasteiger partial charge in [0.05, 0.1) is 5.41 Å². The van der Waals surface area contributed by atoms with E-state index in [1.807, 2.05) is 65.6 Å². The number of carbonyl (C=O) groups is 2. The molecule has 140 valence electrons. The van der Waals surface area contributed by atoms with Crippen molar-refractivity contribution in [1.82, 2.24) is 10.2 Å². The molecule has 3 amide bonds. The number of amides is 3. The zero-order valence-corrected chi connectivity index (χ0v) is 15.4. The number of likely N-dealkylation sites (tertiary alicyclic amines) is 1. The third kappa shape index (κ3) is 3.82. The van der Waals surface area contributed by atoms with Crippen LogP contribution in [0.4, 0.5) is 10.5 Å². The summed E-state index contributed by atoms with van der Waals surface area (Å²) in [6, 6.07) is 19.6. The van der Waals surface area contributed by atoms with Gasteiger partial charge in [-0.25, -0.2) is 4.79 Å². The molecule has 0 radical (unpaired) electrons. The monoisotopic (exact) mass is 363 g/mol. The molecule has 2 aromatic rings. The maximum Gasteiger partial charge on any atom is 0.321 e. The normalized spacial score (nSPS) is 18.6. The Labute approximate surface area is 159 Å². The largest absolute Gasteiger partial charge is 0.352 e. The molecule has 2 aliphatic rings. The maximum atomic E-state index is 12.8. The van der Waals surface area contributed by atoms with Crippen LogP contribution in [0.25, 0.3) is 0 Å². The molecule has 2 N–H and O–H groups in total. The third-order valence-corrected chi connectivity index (χ3v) is 5.65. The van der Waals surface area contributed by atoms with Gasteiger partial charge in [-0.1, -0.05) is 48.5 Å². The second kappa shape index (κ2) is 7.43. The van der Waals surface area contributed by atoms with Crippen molar-refractivity contribution < 1.29 is 9.59 Å². The standard InChI is InChI=1S/C22H25N3O2/c26-20(22(13-14-22)17-7-3-1-4-8-17)23-19-11-15-25(16-12-19)21(27)24-18-9-5-2-6-10-18/h1-10,19H,11-16H2,(H,23,26)(H,24,27). The summed E-state index contributed by atoms with van der Waals surface area (Å²) < 4.78 is 0. The van der Waals surface area contributed by atoms with Gasteiger partial charge in [-0.2, -0.15) is 0 Å². The smallest absolute Gasteiger partial charge is 0.321 e. The number of hydrogen-bond donors (Lipinski definition) is 2. The molecular weight excluding hydrogens is 338 g/mol. The average Bonchev–Trinajstić information content (AvgIpc) is 3.52. The zero-order valence-electron chi connectivity index (χ0n) is 15.4. The number of para-hydroxylation sites is 1. The van der Waals surface area contributed by atoms with E-state index >= 15 is 0 Å². The van der Waals surface area contributed by atoms with Crippen LogP contribution in [0, 0.1) is 0 Å². The minimum absolute atomic E-state index is 0.0751. The predicted molar refractivity (Wildman–Crippen MR) is 106 cm³/mol. The van der Waals surface area contributed by atoms with Crippen molar-refractivity contribution in [2.75, 3.05) is 18.4 Å². The fourth-order valence-corrected chi connectivity index (χ4v) is 3.80. The van der Waals surface area contributed by atoms with Crippen LogP contribution in [0.3, 0.4) is 0 Å². The van der Waals surface area contributed by atoms with E-state index in [9.17, 15) is 9.59 Å². The number of hydrogen-bond acceptors (Lipinski definition) is 2. The van der Waals surface area contributed by atoms with Gasteiger partial charge in [-0.15, -0.1) is 0 Å². The van der Waals surface area contributed by atoms with Crippen molar-refractivity contribution in [1.29, 1.82) is 0 Å². The van der Waals surface area contributed by atoms with Gasteiger partial charge >= 0.3 is 6.03 Å². The Kier molecular flexibility index (Phi) is 4.84. The minimum atomic E-state index is -0.330. The zero-order chi connectivity index (χ0) is 18.7. The minimum Gasteiger partial charge on any atom is -0.352 e. The summed E-state index contributed by atoms with van der Waals surface area (Å²) in [4.78, 5) is 27.0. The number of carbonyl (C=O) groups excluding carboxylic acids is 2. The number of piperidine rings is 1. The van der Waals surface area contributed by atoms with Crippen molar-refractivity contribution in [2.45, 2.75) is 37.1 Å². The van der Waals surface area contributed by atoms with Crippen molar-refractivity contribution in [3.63, 3.8) is 0 Å². The van der Waals surface area contributed by atoms with Crippen LogP contribution < -0.4 is 10.6 Å².